The van der Waals surface area contributed by atoms with Crippen molar-refractivity contribution in [2.75, 3.05) is 7.11 Å². The number of amides is 1. The summed E-state index contributed by atoms with van der Waals surface area (Å²) in [7, 11) is 1.36. The summed E-state index contributed by atoms with van der Waals surface area (Å²) in [5.74, 6) is -0.313. The molecular formula is C19H21NO4. The minimum atomic E-state index is -0.523. The Morgan fingerprint density at radius 1 is 1.29 bits per heavy atom. The summed E-state index contributed by atoms with van der Waals surface area (Å²) < 4.78 is 10.4. The van der Waals surface area contributed by atoms with Gasteiger partial charge in [0.15, 0.2) is 0 Å². The molecule has 24 heavy (non-hydrogen) atoms. The Kier molecular flexibility index (Phi) is 3.79. The van der Waals surface area contributed by atoms with Crippen molar-refractivity contribution < 1.29 is 18.7 Å². The summed E-state index contributed by atoms with van der Waals surface area (Å²) in [6, 6.07) is 3.73. The first kappa shape index (κ1) is 15.2. The van der Waals surface area contributed by atoms with Crippen LogP contribution in [0.1, 0.15) is 36.0 Å². The average molecular weight is 327 g/mol. The van der Waals surface area contributed by atoms with Crippen LogP contribution in [0.3, 0.4) is 0 Å². The fourth-order valence-electron chi connectivity index (χ4n) is 3.61. The van der Waals surface area contributed by atoms with Crippen molar-refractivity contribution in [3.63, 3.8) is 0 Å². The second-order valence-corrected chi connectivity index (χ2v) is 6.81. The molecule has 1 atom stereocenters. The Balaban J connectivity index is 1.51. The molecular weight excluding hydrogens is 306 g/mol. The molecule has 1 fully saturated rings. The summed E-state index contributed by atoms with van der Waals surface area (Å²) in [5.41, 5.74) is 4.42. The summed E-state index contributed by atoms with van der Waals surface area (Å²) >= 11 is 0. The zero-order chi connectivity index (χ0) is 16.7. The van der Waals surface area contributed by atoms with Crippen LogP contribution in [-0.4, -0.2) is 25.0 Å². The predicted molar refractivity (Wildman–Crippen MR) is 88.6 cm³/mol. The van der Waals surface area contributed by atoms with E-state index in [2.05, 4.69) is 17.4 Å². The van der Waals surface area contributed by atoms with Gasteiger partial charge in [0.1, 0.15) is 11.6 Å². The maximum atomic E-state index is 12.4. The Morgan fingerprint density at radius 3 is 2.75 bits per heavy atom. The number of hydrogen-bond donors (Lipinski definition) is 1. The largest absolute Gasteiger partial charge is 0.467 e. The molecule has 0 aliphatic heterocycles. The number of aryl methyl sites for hydroxylation is 2. The molecule has 0 bridgehead atoms. The molecule has 1 heterocycles. The highest BCUT2D eigenvalue weighted by molar-refractivity contribution is 5.90. The zero-order valence-electron chi connectivity index (χ0n) is 13.8. The highest BCUT2D eigenvalue weighted by Crippen LogP contribution is 2.33. The maximum absolute atomic E-state index is 12.4. The van der Waals surface area contributed by atoms with E-state index in [0.717, 1.165) is 42.2 Å². The molecule has 2 aliphatic carbocycles. The minimum absolute atomic E-state index is 0.166. The van der Waals surface area contributed by atoms with Crippen molar-refractivity contribution in [1.29, 1.82) is 0 Å². The van der Waals surface area contributed by atoms with E-state index in [1.165, 1.54) is 24.7 Å². The van der Waals surface area contributed by atoms with E-state index in [-0.39, 0.29) is 24.2 Å². The van der Waals surface area contributed by atoms with Crippen molar-refractivity contribution in [3.8, 4) is 0 Å². The first-order valence-electron chi connectivity index (χ1n) is 8.55. The number of ether oxygens (including phenoxy) is 1. The Labute approximate surface area is 140 Å². The standard InChI is InChI=1S/C19H21NO4/c1-23-19(22)18(11-5-6-11)20-17(21)9-14-10-24-16-8-13-4-2-3-12(13)7-15(14)16/h7-8,10-11,18H,2-6,9H2,1H3,(H,20,21)/t18-/m0/s1. The van der Waals surface area contributed by atoms with Crippen LogP contribution in [0.4, 0.5) is 0 Å². The monoisotopic (exact) mass is 327 g/mol. The van der Waals surface area contributed by atoms with Crippen molar-refractivity contribution in [2.24, 2.45) is 5.92 Å². The summed E-state index contributed by atoms with van der Waals surface area (Å²) in [5, 5.41) is 3.84. The molecule has 5 nitrogen and oxygen atoms in total. The van der Waals surface area contributed by atoms with Gasteiger partial charge in [-0.2, -0.15) is 0 Å². The van der Waals surface area contributed by atoms with Gasteiger partial charge in [0.25, 0.3) is 0 Å². The summed E-state index contributed by atoms with van der Waals surface area (Å²) in [6.45, 7) is 0. The first-order chi connectivity index (χ1) is 11.7. The summed E-state index contributed by atoms with van der Waals surface area (Å²) in [4.78, 5) is 24.2. The van der Waals surface area contributed by atoms with Gasteiger partial charge in [-0.05, 0) is 61.3 Å². The number of esters is 1. The van der Waals surface area contributed by atoms with Crippen LogP contribution >= 0.6 is 0 Å². The molecule has 2 aliphatic rings. The highest BCUT2D eigenvalue weighted by Gasteiger charge is 2.38. The lowest BCUT2D eigenvalue weighted by atomic mass is 10.0. The molecule has 1 amide bonds. The van der Waals surface area contributed by atoms with Crippen LogP contribution in [-0.2, 0) is 33.6 Å². The molecule has 5 heteroatoms. The summed E-state index contributed by atoms with van der Waals surface area (Å²) in [6.07, 6.45) is 7.16. The third-order valence-electron chi connectivity index (χ3n) is 5.08. The third kappa shape index (κ3) is 2.79. The first-order valence-corrected chi connectivity index (χ1v) is 8.55. The molecule has 1 N–H and O–H groups in total. The van der Waals surface area contributed by atoms with E-state index in [0.29, 0.717) is 0 Å². The van der Waals surface area contributed by atoms with Gasteiger partial charge in [0.05, 0.1) is 19.8 Å². The lowest BCUT2D eigenvalue weighted by Gasteiger charge is -2.15. The molecule has 0 unspecified atom stereocenters. The minimum Gasteiger partial charge on any atom is -0.467 e. The molecule has 0 radical (unpaired) electrons. The van der Waals surface area contributed by atoms with Gasteiger partial charge in [0.2, 0.25) is 5.91 Å². The molecule has 0 saturated heterocycles. The number of methoxy groups -OCH3 is 1. The highest BCUT2D eigenvalue weighted by atomic mass is 16.5. The Morgan fingerprint density at radius 2 is 2.04 bits per heavy atom. The van der Waals surface area contributed by atoms with Gasteiger partial charge in [0, 0.05) is 10.9 Å². The Bertz CT molecular complexity index is 803. The third-order valence-corrected chi connectivity index (χ3v) is 5.08. The average Bonchev–Trinajstić information content (AvgIpc) is 3.21. The number of furan rings is 1. The topological polar surface area (TPSA) is 68.5 Å². The maximum Gasteiger partial charge on any atom is 0.328 e. The smallest absolute Gasteiger partial charge is 0.328 e. The fraction of sp³-hybridized carbons (Fsp3) is 0.474. The SMILES string of the molecule is COC(=O)[C@@H](NC(=O)Cc1coc2cc3c(cc12)CCC3)C1CC1. The number of carbonyl (C=O) groups excluding carboxylic acids is 2. The molecule has 126 valence electrons. The molecule has 4 rings (SSSR count). The van der Waals surface area contributed by atoms with Crippen LogP contribution in [0.5, 0.6) is 0 Å². The van der Waals surface area contributed by atoms with Crippen LogP contribution in [0.25, 0.3) is 11.0 Å². The van der Waals surface area contributed by atoms with Crippen molar-refractivity contribution >= 4 is 22.8 Å². The predicted octanol–water partition coefficient (Wildman–Crippen LogP) is 2.53. The van der Waals surface area contributed by atoms with Crippen molar-refractivity contribution in [1.82, 2.24) is 5.32 Å². The van der Waals surface area contributed by atoms with Gasteiger partial charge in [-0.15, -0.1) is 0 Å². The normalized spacial score (nSPS) is 17.5. The van der Waals surface area contributed by atoms with Gasteiger partial charge < -0.3 is 14.5 Å². The number of nitrogens with one attached hydrogen (secondary N) is 1. The number of hydrogen-bond acceptors (Lipinski definition) is 4. The van der Waals surface area contributed by atoms with E-state index in [4.69, 9.17) is 9.15 Å². The number of carbonyl (C=O) groups is 2. The fourth-order valence-corrected chi connectivity index (χ4v) is 3.61. The van der Waals surface area contributed by atoms with E-state index >= 15 is 0 Å². The van der Waals surface area contributed by atoms with Gasteiger partial charge >= 0.3 is 5.97 Å². The second-order valence-electron chi connectivity index (χ2n) is 6.81. The van der Waals surface area contributed by atoms with Gasteiger partial charge in [-0.25, -0.2) is 4.79 Å². The zero-order valence-corrected chi connectivity index (χ0v) is 13.8. The molecule has 1 aromatic heterocycles. The molecule has 2 aromatic rings. The van der Waals surface area contributed by atoms with Crippen LogP contribution in [0.15, 0.2) is 22.8 Å². The van der Waals surface area contributed by atoms with Crippen molar-refractivity contribution in [2.45, 2.75) is 44.6 Å². The molecule has 0 spiro atoms. The van der Waals surface area contributed by atoms with Gasteiger partial charge in [-0.1, -0.05) is 0 Å². The van der Waals surface area contributed by atoms with Gasteiger partial charge in [-0.3, -0.25) is 4.79 Å². The van der Waals surface area contributed by atoms with Crippen LogP contribution in [0.2, 0.25) is 0 Å². The number of benzene rings is 1. The number of rotatable bonds is 5. The lowest BCUT2D eigenvalue weighted by molar-refractivity contribution is -0.145. The quantitative estimate of drug-likeness (QED) is 0.857. The van der Waals surface area contributed by atoms with E-state index in [1.54, 1.807) is 6.26 Å². The number of fused-ring (bicyclic) bond motifs is 2. The van der Waals surface area contributed by atoms with E-state index < -0.39 is 6.04 Å². The van der Waals surface area contributed by atoms with E-state index in [1.807, 2.05) is 0 Å². The van der Waals surface area contributed by atoms with E-state index in [9.17, 15) is 9.59 Å². The second kappa shape index (κ2) is 5.96. The van der Waals surface area contributed by atoms with Crippen LogP contribution in [0, 0.1) is 5.92 Å². The van der Waals surface area contributed by atoms with Crippen LogP contribution < -0.4 is 5.32 Å². The lowest BCUT2D eigenvalue weighted by Crippen LogP contribution is -2.43. The Hall–Kier alpha value is -2.30. The molecule has 1 aromatic carbocycles. The molecule has 1 saturated carbocycles. The van der Waals surface area contributed by atoms with Crippen molar-refractivity contribution in [3.05, 3.63) is 35.1 Å².